The van der Waals surface area contributed by atoms with Crippen molar-refractivity contribution in [2.75, 3.05) is 6.54 Å². The third kappa shape index (κ3) is 1.90. The fourth-order valence-corrected chi connectivity index (χ4v) is 4.10. The summed E-state index contributed by atoms with van der Waals surface area (Å²) >= 11 is 1.94. The first-order chi connectivity index (χ1) is 8.58. The van der Waals surface area contributed by atoms with Gasteiger partial charge in [-0.2, -0.15) is 0 Å². The minimum atomic E-state index is 0.255. The van der Waals surface area contributed by atoms with Gasteiger partial charge in [0.15, 0.2) is 0 Å². The van der Waals surface area contributed by atoms with Gasteiger partial charge in [-0.15, -0.1) is 11.3 Å². The third-order valence-corrected chi connectivity index (χ3v) is 4.97. The van der Waals surface area contributed by atoms with Crippen LogP contribution in [0.25, 0.3) is 10.4 Å². The fourth-order valence-electron chi connectivity index (χ4n) is 2.70. The van der Waals surface area contributed by atoms with Crippen molar-refractivity contribution in [2.24, 2.45) is 0 Å². The summed E-state index contributed by atoms with van der Waals surface area (Å²) in [6.07, 6.45) is 0. The number of nitrogens with one attached hydrogen (secondary N) is 1. The Bertz CT molecular complexity index is 581. The van der Waals surface area contributed by atoms with Gasteiger partial charge < -0.3 is 5.32 Å². The molecular weight excluding hydrogens is 238 g/mol. The molecule has 1 aromatic heterocycles. The Labute approximate surface area is 113 Å². The van der Waals surface area contributed by atoms with Gasteiger partial charge in [0.05, 0.1) is 0 Å². The second kappa shape index (κ2) is 4.22. The third-order valence-electron chi connectivity index (χ3n) is 3.80. The number of benzene rings is 1. The van der Waals surface area contributed by atoms with Gasteiger partial charge >= 0.3 is 0 Å². The van der Waals surface area contributed by atoms with Gasteiger partial charge in [0, 0.05) is 28.3 Å². The van der Waals surface area contributed by atoms with Crippen LogP contribution in [0, 0.1) is 6.92 Å². The van der Waals surface area contributed by atoms with Crippen LogP contribution in [0.2, 0.25) is 0 Å². The summed E-state index contributed by atoms with van der Waals surface area (Å²) in [7, 11) is 0. The number of aryl methyl sites for hydroxylation is 1. The molecule has 0 bridgehead atoms. The van der Waals surface area contributed by atoms with E-state index in [1.165, 1.54) is 26.4 Å². The van der Waals surface area contributed by atoms with Gasteiger partial charge in [-0.1, -0.05) is 38.1 Å². The molecule has 0 saturated carbocycles. The lowest BCUT2D eigenvalue weighted by atomic mass is 9.82. The summed E-state index contributed by atoms with van der Waals surface area (Å²) in [5.41, 5.74) is 4.53. The Hall–Kier alpha value is -1.12. The highest BCUT2D eigenvalue weighted by atomic mass is 32.1. The van der Waals surface area contributed by atoms with Crippen LogP contribution in [0.1, 0.15) is 29.9 Å². The minimum absolute atomic E-state index is 0.255. The summed E-state index contributed by atoms with van der Waals surface area (Å²) in [4.78, 5) is 2.92. The van der Waals surface area contributed by atoms with Crippen molar-refractivity contribution in [1.29, 1.82) is 0 Å². The molecule has 3 rings (SSSR count). The van der Waals surface area contributed by atoms with Crippen molar-refractivity contribution in [2.45, 2.75) is 32.7 Å². The van der Waals surface area contributed by atoms with Crippen molar-refractivity contribution in [3.8, 4) is 10.4 Å². The largest absolute Gasteiger partial charge is 0.311 e. The molecule has 2 aromatic rings. The SMILES string of the molecule is Cc1ccccc1-c1cc2c(s1)CNCC2(C)C. The van der Waals surface area contributed by atoms with Gasteiger partial charge in [-0.25, -0.2) is 0 Å². The van der Waals surface area contributed by atoms with Gasteiger partial charge in [-0.05, 0) is 29.7 Å². The van der Waals surface area contributed by atoms with E-state index in [9.17, 15) is 0 Å². The van der Waals surface area contributed by atoms with E-state index in [1.807, 2.05) is 11.3 Å². The predicted molar refractivity (Wildman–Crippen MR) is 79.2 cm³/mol. The second-order valence-electron chi connectivity index (χ2n) is 5.75. The number of hydrogen-bond donors (Lipinski definition) is 1. The second-order valence-corrected chi connectivity index (χ2v) is 6.89. The lowest BCUT2D eigenvalue weighted by molar-refractivity contribution is 0.440. The first-order valence-electron chi connectivity index (χ1n) is 6.48. The summed E-state index contributed by atoms with van der Waals surface area (Å²) in [5.74, 6) is 0. The average molecular weight is 257 g/mol. The number of thiophene rings is 1. The van der Waals surface area contributed by atoms with Gasteiger partial charge in [0.1, 0.15) is 0 Å². The first-order valence-corrected chi connectivity index (χ1v) is 7.29. The average Bonchev–Trinajstić information content (AvgIpc) is 2.74. The van der Waals surface area contributed by atoms with Crippen LogP contribution < -0.4 is 5.32 Å². The molecule has 0 spiro atoms. The molecule has 1 aliphatic rings. The zero-order chi connectivity index (χ0) is 12.8. The highest BCUT2D eigenvalue weighted by Gasteiger charge is 2.29. The predicted octanol–water partition coefficient (Wildman–Crippen LogP) is 4.10. The van der Waals surface area contributed by atoms with Crippen LogP contribution in [0.3, 0.4) is 0 Å². The smallest absolute Gasteiger partial charge is 0.0351 e. The first kappa shape index (κ1) is 11.9. The molecule has 1 N–H and O–H groups in total. The molecule has 18 heavy (non-hydrogen) atoms. The Kier molecular flexibility index (Phi) is 2.80. The van der Waals surface area contributed by atoms with Crippen molar-refractivity contribution in [1.82, 2.24) is 5.32 Å². The zero-order valence-electron chi connectivity index (χ0n) is 11.2. The summed E-state index contributed by atoms with van der Waals surface area (Å²) in [5, 5.41) is 3.52. The van der Waals surface area contributed by atoms with Gasteiger partial charge in [-0.3, -0.25) is 0 Å². The van der Waals surface area contributed by atoms with E-state index in [2.05, 4.69) is 56.4 Å². The van der Waals surface area contributed by atoms with Crippen LogP contribution in [-0.2, 0) is 12.0 Å². The van der Waals surface area contributed by atoms with E-state index < -0.39 is 0 Å². The topological polar surface area (TPSA) is 12.0 Å². The van der Waals surface area contributed by atoms with Crippen molar-refractivity contribution in [3.05, 3.63) is 46.3 Å². The summed E-state index contributed by atoms with van der Waals surface area (Å²) in [6, 6.07) is 11.1. The van der Waals surface area contributed by atoms with Crippen LogP contribution in [0.4, 0.5) is 0 Å². The van der Waals surface area contributed by atoms with Gasteiger partial charge in [0.25, 0.3) is 0 Å². The standard InChI is InChI=1S/C16H19NS/c1-11-6-4-5-7-12(11)14-8-13-15(18-14)9-17-10-16(13,2)3/h4-8,17H,9-10H2,1-3H3. The molecule has 94 valence electrons. The molecule has 1 aromatic carbocycles. The van der Waals surface area contributed by atoms with Crippen molar-refractivity contribution < 1.29 is 0 Å². The van der Waals surface area contributed by atoms with Gasteiger partial charge in [0.2, 0.25) is 0 Å². The molecule has 0 amide bonds. The van der Waals surface area contributed by atoms with Crippen molar-refractivity contribution in [3.63, 3.8) is 0 Å². The van der Waals surface area contributed by atoms with Crippen LogP contribution in [-0.4, -0.2) is 6.54 Å². The summed E-state index contributed by atoms with van der Waals surface area (Å²) in [6.45, 7) is 8.94. The maximum absolute atomic E-state index is 3.52. The lowest BCUT2D eigenvalue weighted by Crippen LogP contribution is -2.37. The van der Waals surface area contributed by atoms with E-state index in [-0.39, 0.29) is 5.41 Å². The highest BCUT2D eigenvalue weighted by Crippen LogP contribution is 2.40. The van der Waals surface area contributed by atoms with Crippen molar-refractivity contribution >= 4 is 11.3 Å². The zero-order valence-corrected chi connectivity index (χ0v) is 12.0. The number of rotatable bonds is 1. The van der Waals surface area contributed by atoms with E-state index >= 15 is 0 Å². The maximum atomic E-state index is 3.52. The molecule has 0 atom stereocenters. The molecule has 0 aliphatic carbocycles. The van der Waals surface area contributed by atoms with E-state index in [4.69, 9.17) is 0 Å². The Balaban J connectivity index is 2.12. The minimum Gasteiger partial charge on any atom is -0.311 e. The lowest BCUT2D eigenvalue weighted by Gasteiger charge is -2.30. The molecule has 0 fully saturated rings. The molecule has 1 nitrogen and oxygen atoms in total. The number of fused-ring (bicyclic) bond motifs is 1. The van der Waals surface area contributed by atoms with E-state index in [0.717, 1.165) is 13.1 Å². The van der Waals surface area contributed by atoms with E-state index in [0.29, 0.717) is 0 Å². The molecule has 0 saturated heterocycles. The molecule has 0 radical (unpaired) electrons. The van der Waals surface area contributed by atoms with E-state index in [1.54, 1.807) is 0 Å². The fraction of sp³-hybridized carbons (Fsp3) is 0.375. The molecule has 1 aliphatic heterocycles. The molecular formula is C16H19NS. The summed E-state index contributed by atoms with van der Waals surface area (Å²) < 4.78 is 0. The van der Waals surface area contributed by atoms with Crippen LogP contribution >= 0.6 is 11.3 Å². The molecule has 2 heterocycles. The van der Waals surface area contributed by atoms with Crippen LogP contribution in [0.15, 0.2) is 30.3 Å². The Morgan fingerprint density at radius 2 is 2.00 bits per heavy atom. The normalized spacial score (nSPS) is 17.5. The molecule has 2 heteroatoms. The Morgan fingerprint density at radius 1 is 1.22 bits per heavy atom. The van der Waals surface area contributed by atoms with Crippen LogP contribution in [0.5, 0.6) is 0 Å². The Morgan fingerprint density at radius 3 is 2.72 bits per heavy atom. The maximum Gasteiger partial charge on any atom is 0.0351 e. The number of hydrogen-bond acceptors (Lipinski definition) is 2. The molecule has 0 unspecified atom stereocenters. The highest BCUT2D eigenvalue weighted by molar-refractivity contribution is 7.15. The quantitative estimate of drug-likeness (QED) is 0.811. The monoisotopic (exact) mass is 257 g/mol.